The summed E-state index contributed by atoms with van der Waals surface area (Å²) in [6.45, 7) is 6.82. The van der Waals surface area contributed by atoms with E-state index in [9.17, 15) is 13.2 Å². The first-order chi connectivity index (χ1) is 13.1. The molecule has 0 atom stereocenters. The Balaban J connectivity index is 1.53. The van der Waals surface area contributed by atoms with Gasteiger partial charge >= 0.3 is 0 Å². The van der Waals surface area contributed by atoms with Crippen LogP contribution in [0.1, 0.15) is 36.7 Å². The van der Waals surface area contributed by atoms with Gasteiger partial charge < -0.3 is 10.2 Å². The van der Waals surface area contributed by atoms with Crippen molar-refractivity contribution in [3.8, 4) is 0 Å². The molecule has 8 heteroatoms. The molecule has 2 heterocycles. The lowest BCUT2D eigenvalue weighted by atomic mass is 9.87. The van der Waals surface area contributed by atoms with E-state index in [-0.39, 0.29) is 17.1 Å². The van der Waals surface area contributed by atoms with E-state index in [0.717, 1.165) is 16.3 Å². The number of carbonyl (C=O) groups excluding carboxylic acids is 1. The number of rotatable bonds is 2. The van der Waals surface area contributed by atoms with Crippen LogP contribution >= 0.6 is 11.8 Å². The van der Waals surface area contributed by atoms with Crippen LogP contribution in [-0.2, 0) is 15.4 Å². The predicted octanol–water partition coefficient (Wildman–Crippen LogP) is 3.85. The van der Waals surface area contributed by atoms with Crippen molar-refractivity contribution in [3.05, 3.63) is 53.6 Å². The number of nitrogens with one attached hydrogen (secondary N) is 1. The first-order valence-electron chi connectivity index (χ1n) is 8.96. The molecule has 0 radical (unpaired) electrons. The fourth-order valence-corrected chi connectivity index (χ4v) is 5.42. The maximum absolute atomic E-state index is 12.7. The molecule has 0 unspecified atom stereocenters. The van der Waals surface area contributed by atoms with Crippen molar-refractivity contribution < 1.29 is 13.2 Å². The summed E-state index contributed by atoms with van der Waals surface area (Å²) < 4.78 is 27.3. The number of fused-ring (bicyclic) bond motifs is 3. The lowest BCUT2D eigenvalue weighted by Crippen LogP contribution is -2.35. The molecule has 1 amide bonds. The lowest BCUT2D eigenvalue weighted by molar-refractivity contribution is 0.102. The Labute approximate surface area is 169 Å². The Morgan fingerprint density at radius 3 is 2.54 bits per heavy atom. The number of sulfonamides is 1. The summed E-state index contributed by atoms with van der Waals surface area (Å²) in [7, 11) is -3.39. The molecule has 2 aromatic carbocycles. The quantitative estimate of drug-likeness (QED) is 0.806. The van der Waals surface area contributed by atoms with Gasteiger partial charge in [-0.25, -0.2) is 8.42 Å². The van der Waals surface area contributed by atoms with Crippen LogP contribution in [0, 0.1) is 0 Å². The number of hydrogen-bond donors (Lipinski definition) is 1. The number of anilines is 2. The summed E-state index contributed by atoms with van der Waals surface area (Å²) in [5.41, 5.74) is 3.41. The van der Waals surface area contributed by atoms with Gasteiger partial charge in [0.2, 0.25) is 0 Å². The molecule has 0 saturated carbocycles. The number of thioether (sulfide) groups is 1. The summed E-state index contributed by atoms with van der Waals surface area (Å²) >= 11 is 1.28. The largest absolute Gasteiger partial charge is 0.322 e. The molecule has 2 aliphatic heterocycles. The fraction of sp³-hybridized carbons (Fsp3) is 0.300. The molecule has 0 aromatic heterocycles. The van der Waals surface area contributed by atoms with Crippen LogP contribution < -0.4 is 10.2 Å². The van der Waals surface area contributed by atoms with Gasteiger partial charge in [-0.2, -0.15) is 0 Å². The van der Waals surface area contributed by atoms with Gasteiger partial charge in [0.15, 0.2) is 5.17 Å². The van der Waals surface area contributed by atoms with Crippen molar-refractivity contribution in [1.82, 2.24) is 0 Å². The standard InChI is InChI=1S/C20H21N3O3S2/c1-20(2,3)14-5-7-15(8-6-14)21-18(24)13-4-9-16-17(12-13)27-19-22-28(25,26)11-10-23(16)19/h4-9,12H,10-11H2,1-3H3,(H,21,24). The van der Waals surface area contributed by atoms with E-state index < -0.39 is 10.0 Å². The van der Waals surface area contributed by atoms with Crippen LogP contribution in [0.3, 0.4) is 0 Å². The summed E-state index contributed by atoms with van der Waals surface area (Å²) in [5, 5.41) is 3.37. The van der Waals surface area contributed by atoms with Crippen LogP contribution in [0.25, 0.3) is 0 Å². The molecule has 0 saturated heterocycles. The van der Waals surface area contributed by atoms with Crippen molar-refractivity contribution in [2.24, 2.45) is 4.40 Å². The van der Waals surface area contributed by atoms with Gasteiger partial charge in [0, 0.05) is 22.7 Å². The van der Waals surface area contributed by atoms with Gasteiger partial charge in [-0.05, 0) is 53.1 Å². The zero-order valence-electron chi connectivity index (χ0n) is 15.9. The third-order valence-electron chi connectivity index (χ3n) is 4.74. The molecule has 0 bridgehead atoms. The molecule has 2 aromatic rings. The van der Waals surface area contributed by atoms with Crippen molar-refractivity contribution in [2.45, 2.75) is 31.1 Å². The lowest BCUT2D eigenvalue weighted by Gasteiger charge is -2.22. The van der Waals surface area contributed by atoms with E-state index in [0.29, 0.717) is 17.3 Å². The Hall–Kier alpha value is -2.32. The number of nitrogens with zero attached hydrogens (tertiary/aromatic N) is 2. The third-order valence-corrected chi connectivity index (χ3v) is 7.05. The van der Waals surface area contributed by atoms with E-state index in [1.54, 1.807) is 12.1 Å². The second-order valence-electron chi connectivity index (χ2n) is 7.88. The Kier molecular flexibility index (Phi) is 4.50. The van der Waals surface area contributed by atoms with E-state index >= 15 is 0 Å². The van der Waals surface area contributed by atoms with Gasteiger partial charge in [-0.1, -0.05) is 32.9 Å². The van der Waals surface area contributed by atoms with Crippen LogP contribution in [0.5, 0.6) is 0 Å². The minimum Gasteiger partial charge on any atom is -0.322 e. The summed E-state index contributed by atoms with van der Waals surface area (Å²) in [6, 6.07) is 13.2. The predicted molar refractivity (Wildman–Crippen MR) is 114 cm³/mol. The molecular weight excluding hydrogens is 394 g/mol. The topological polar surface area (TPSA) is 78.8 Å². The molecule has 2 aliphatic rings. The summed E-state index contributed by atoms with van der Waals surface area (Å²) in [5.74, 6) is -0.199. The highest BCUT2D eigenvalue weighted by Crippen LogP contribution is 2.42. The second kappa shape index (κ2) is 6.63. The average molecular weight is 416 g/mol. The number of carbonyl (C=O) groups is 1. The van der Waals surface area contributed by atoms with Crippen LogP contribution in [0.2, 0.25) is 0 Å². The molecule has 0 aliphatic carbocycles. The smallest absolute Gasteiger partial charge is 0.257 e. The van der Waals surface area contributed by atoms with Crippen LogP contribution in [0.4, 0.5) is 11.4 Å². The van der Waals surface area contributed by atoms with Gasteiger partial charge in [0.1, 0.15) is 0 Å². The van der Waals surface area contributed by atoms with Crippen molar-refractivity contribution >= 4 is 44.2 Å². The van der Waals surface area contributed by atoms with Crippen LogP contribution in [-0.4, -0.2) is 31.8 Å². The zero-order valence-corrected chi connectivity index (χ0v) is 17.5. The van der Waals surface area contributed by atoms with Gasteiger partial charge in [0.25, 0.3) is 15.9 Å². The molecule has 0 fully saturated rings. The summed E-state index contributed by atoms with van der Waals surface area (Å²) in [6.07, 6.45) is 0. The van der Waals surface area contributed by atoms with E-state index in [4.69, 9.17) is 0 Å². The Bertz CT molecular complexity index is 1080. The summed E-state index contributed by atoms with van der Waals surface area (Å²) in [4.78, 5) is 15.4. The first kappa shape index (κ1) is 19.0. The highest BCUT2D eigenvalue weighted by molar-refractivity contribution is 8.15. The van der Waals surface area contributed by atoms with Gasteiger partial charge in [0.05, 0.1) is 11.4 Å². The van der Waals surface area contributed by atoms with Gasteiger partial charge in [-0.15, -0.1) is 4.40 Å². The third kappa shape index (κ3) is 3.66. The van der Waals surface area contributed by atoms with E-state index in [1.807, 2.05) is 35.2 Å². The van der Waals surface area contributed by atoms with Crippen molar-refractivity contribution in [2.75, 3.05) is 22.5 Å². The molecule has 146 valence electrons. The highest BCUT2D eigenvalue weighted by Gasteiger charge is 2.33. The van der Waals surface area contributed by atoms with Crippen molar-refractivity contribution in [1.29, 1.82) is 0 Å². The van der Waals surface area contributed by atoms with Gasteiger partial charge in [-0.3, -0.25) is 4.79 Å². The minimum absolute atomic E-state index is 0.00327. The number of amides is 1. The number of benzene rings is 2. The fourth-order valence-electron chi connectivity index (χ4n) is 3.13. The molecule has 1 N–H and O–H groups in total. The monoisotopic (exact) mass is 415 g/mol. The maximum Gasteiger partial charge on any atom is 0.257 e. The highest BCUT2D eigenvalue weighted by atomic mass is 32.2. The first-order valence-corrected chi connectivity index (χ1v) is 11.4. The van der Waals surface area contributed by atoms with E-state index in [1.165, 1.54) is 17.3 Å². The van der Waals surface area contributed by atoms with E-state index in [2.05, 4.69) is 30.5 Å². The number of hydrogen-bond acceptors (Lipinski definition) is 5. The number of amidine groups is 1. The SMILES string of the molecule is CC(C)(C)c1ccc(NC(=O)c2ccc3c(c2)SC2=NS(=O)(=O)CCN23)cc1. The average Bonchev–Trinajstić information content (AvgIpc) is 2.96. The molecule has 0 spiro atoms. The Morgan fingerprint density at radius 2 is 1.86 bits per heavy atom. The zero-order chi connectivity index (χ0) is 20.1. The normalized spacial score (nSPS) is 17.5. The molecular formula is C20H21N3O3S2. The minimum atomic E-state index is -3.39. The molecule has 6 nitrogen and oxygen atoms in total. The molecule has 4 rings (SSSR count). The maximum atomic E-state index is 12.7. The van der Waals surface area contributed by atoms with Crippen LogP contribution in [0.15, 0.2) is 51.8 Å². The Morgan fingerprint density at radius 1 is 1.14 bits per heavy atom. The molecule has 28 heavy (non-hydrogen) atoms. The second-order valence-corrected chi connectivity index (χ2v) is 10.6. The van der Waals surface area contributed by atoms with Crippen molar-refractivity contribution in [3.63, 3.8) is 0 Å².